The summed E-state index contributed by atoms with van der Waals surface area (Å²) >= 11 is 0. The van der Waals surface area contributed by atoms with Crippen LogP contribution in [-0.4, -0.2) is 98.7 Å². The van der Waals surface area contributed by atoms with Gasteiger partial charge in [-0.05, 0) is 59.7 Å². The molecular weight excluding hydrogens is 742 g/mol. The Morgan fingerprint density at radius 2 is 1.04 bits per heavy atom. The van der Waals surface area contributed by atoms with Crippen molar-refractivity contribution >= 4 is 35.3 Å². The summed E-state index contributed by atoms with van der Waals surface area (Å²) in [5.41, 5.74) is 3.37. The van der Waals surface area contributed by atoms with E-state index in [1.54, 1.807) is 46.2 Å². The van der Waals surface area contributed by atoms with Crippen molar-refractivity contribution < 1.29 is 56.2 Å². The smallest absolute Gasteiger partial charge is 0.337 e. The van der Waals surface area contributed by atoms with Gasteiger partial charge in [-0.15, -0.1) is 0 Å². The minimum absolute atomic E-state index is 0.0137. The lowest BCUT2D eigenvalue weighted by molar-refractivity contribution is 0.0547. The molecule has 17 heteroatoms. The largest absolute Gasteiger partial charge is 0.465 e. The number of anilines is 2. The van der Waals surface area contributed by atoms with E-state index in [1.165, 1.54) is 46.7 Å². The van der Waals surface area contributed by atoms with Crippen LogP contribution in [0.3, 0.4) is 0 Å². The van der Waals surface area contributed by atoms with Crippen LogP contribution in [0, 0.1) is 23.3 Å². The summed E-state index contributed by atoms with van der Waals surface area (Å²) in [7, 11) is 1.29. The molecule has 13 nitrogen and oxygen atoms in total. The molecule has 2 N–H and O–H groups in total. The maximum Gasteiger partial charge on any atom is 0.337 e. The first-order valence-electron chi connectivity index (χ1n) is 17.4. The van der Waals surface area contributed by atoms with Gasteiger partial charge in [0, 0.05) is 43.9 Å². The number of morpholine rings is 2. The minimum Gasteiger partial charge on any atom is -0.465 e. The van der Waals surface area contributed by atoms with Gasteiger partial charge >= 0.3 is 18.0 Å². The number of amides is 5. The number of rotatable bonds is 8. The van der Waals surface area contributed by atoms with Crippen molar-refractivity contribution in [1.29, 1.82) is 0 Å². The van der Waals surface area contributed by atoms with Crippen molar-refractivity contribution in [3.05, 3.63) is 130 Å². The fourth-order valence-corrected chi connectivity index (χ4v) is 5.82. The number of carbonyl (C=O) groups excluding carboxylic acids is 4. The summed E-state index contributed by atoms with van der Waals surface area (Å²) < 4.78 is 70.6. The molecule has 0 radical (unpaired) electrons. The molecule has 0 bridgehead atoms. The quantitative estimate of drug-likeness (QED) is 0.0997. The zero-order valence-electron chi connectivity index (χ0n) is 30.3. The fourth-order valence-electron chi connectivity index (χ4n) is 5.82. The number of nitrogens with zero attached hydrogens (tertiary/aromatic N) is 4. The van der Waals surface area contributed by atoms with Gasteiger partial charge in [-0.25, -0.2) is 37.4 Å². The zero-order valence-corrected chi connectivity index (χ0v) is 30.3. The number of benzene rings is 4. The van der Waals surface area contributed by atoms with E-state index in [4.69, 9.17) is 14.7 Å². The first-order chi connectivity index (χ1) is 27.0. The third-order valence-corrected chi connectivity index (χ3v) is 8.80. The van der Waals surface area contributed by atoms with Crippen LogP contribution >= 0.6 is 0 Å². The Labute approximate surface area is 319 Å². The van der Waals surface area contributed by atoms with Crippen LogP contribution in [0.25, 0.3) is 0 Å². The molecule has 0 aliphatic carbocycles. The highest BCUT2D eigenvalue weighted by molar-refractivity contribution is 5.94. The maximum atomic E-state index is 14.4. The van der Waals surface area contributed by atoms with Gasteiger partial charge in [0.1, 0.15) is 23.3 Å². The zero-order chi connectivity index (χ0) is 40.2. The molecule has 56 heavy (non-hydrogen) atoms. The van der Waals surface area contributed by atoms with Gasteiger partial charge in [0.15, 0.2) is 0 Å². The predicted molar refractivity (Wildman–Crippen MR) is 194 cm³/mol. The number of halogens is 4. The Hall–Kier alpha value is -6.04. The van der Waals surface area contributed by atoms with E-state index in [-0.39, 0.29) is 30.0 Å². The van der Waals surface area contributed by atoms with Crippen LogP contribution < -0.4 is 15.3 Å². The number of urea groups is 2. The van der Waals surface area contributed by atoms with Crippen molar-refractivity contribution in [1.82, 2.24) is 15.3 Å². The first kappa shape index (κ1) is 41.1. The van der Waals surface area contributed by atoms with Gasteiger partial charge in [0.2, 0.25) is 0 Å². The minimum atomic E-state index is -0.849. The van der Waals surface area contributed by atoms with E-state index in [0.29, 0.717) is 69.3 Å². The highest BCUT2D eigenvalue weighted by atomic mass is 19.1. The Morgan fingerprint density at radius 3 is 1.39 bits per heavy atom. The van der Waals surface area contributed by atoms with E-state index < -0.39 is 47.2 Å². The summed E-state index contributed by atoms with van der Waals surface area (Å²) in [5.74, 6) is -4.28. The average molecular weight is 782 g/mol. The third-order valence-electron chi connectivity index (χ3n) is 8.80. The molecule has 4 aromatic carbocycles. The summed E-state index contributed by atoms with van der Waals surface area (Å²) in [4.78, 5) is 54.6. The standard InChI is InChI=1S/C20H20F2N2O4.C19H19F2N3O4/c1-27-19(25)15-4-2-14(3-5-15)13-24(18-7-6-16(21)12-17(18)22)20(26)23-8-10-28-11-9-23;20-15-5-6-17(16(21)11-15)24(19(26)23-7-9-28-10-8-23)12-13-1-3-14(4-2-13)18(25)22-27/h2-7,12H,8-11,13H2,1H3;1-6,11,27H,7-10,12H2,(H,22,25). The SMILES string of the molecule is COC(=O)c1ccc(CN(C(=O)N2CCOCC2)c2ccc(F)cc2F)cc1.O=C(NO)c1ccc(CN(C(=O)N2CCOCC2)c2ccc(F)cc2F)cc1. The number of nitrogens with one attached hydrogen (secondary N) is 1. The van der Waals surface area contributed by atoms with Crippen LogP contribution in [0.1, 0.15) is 31.8 Å². The number of hydrogen-bond donors (Lipinski definition) is 2. The van der Waals surface area contributed by atoms with E-state index in [0.717, 1.165) is 24.3 Å². The van der Waals surface area contributed by atoms with Crippen LogP contribution in [0.5, 0.6) is 0 Å². The second-order valence-electron chi connectivity index (χ2n) is 12.5. The molecule has 4 aromatic rings. The average Bonchev–Trinajstić information content (AvgIpc) is 3.22. The number of ether oxygens (including phenoxy) is 3. The molecular formula is C39H39F4N5O8. The summed E-state index contributed by atoms with van der Waals surface area (Å²) in [6, 6.07) is 17.9. The summed E-state index contributed by atoms with van der Waals surface area (Å²) in [5, 5.41) is 8.68. The molecule has 296 valence electrons. The van der Waals surface area contributed by atoms with Gasteiger partial charge in [0.05, 0.1) is 63.6 Å². The molecule has 0 atom stereocenters. The molecule has 2 saturated heterocycles. The summed E-state index contributed by atoms with van der Waals surface area (Å²) in [6.45, 7) is 3.16. The number of hydrogen-bond acceptors (Lipinski definition) is 8. The molecule has 5 amide bonds. The third kappa shape index (κ3) is 10.6. The molecule has 2 aliphatic rings. The second kappa shape index (κ2) is 19.5. The normalized spacial score (nSPS) is 13.9. The Kier molecular flexibility index (Phi) is 14.3. The molecule has 2 fully saturated rings. The molecule has 0 unspecified atom stereocenters. The Bertz CT molecular complexity index is 1850. The molecule has 2 aliphatic heterocycles. The molecule has 6 rings (SSSR count). The van der Waals surface area contributed by atoms with Crippen molar-refractivity contribution in [3.63, 3.8) is 0 Å². The number of hydroxylamine groups is 1. The molecule has 0 spiro atoms. The van der Waals surface area contributed by atoms with Gasteiger partial charge < -0.3 is 24.0 Å². The lowest BCUT2D eigenvalue weighted by Gasteiger charge is -2.33. The van der Waals surface area contributed by atoms with Crippen molar-refractivity contribution in [3.8, 4) is 0 Å². The fraction of sp³-hybridized carbons (Fsp3) is 0.282. The van der Waals surface area contributed by atoms with Crippen LogP contribution in [0.15, 0.2) is 84.9 Å². The van der Waals surface area contributed by atoms with E-state index >= 15 is 0 Å². The molecule has 0 aromatic heterocycles. The van der Waals surface area contributed by atoms with Crippen molar-refractivity contribution in [2.45, 2.75) is 13.1 Å². The van der Waals surface area contributed by atoms with E-state index in [9.17, 15) is 36.7 Å². The van der Waals surface area contributed by atoms with E-state index in [2.05, 4.69) is 4.74 Å². The van der Waals surface area contributed by atoms with Gasteiger partial charge in [-0.3, -0.25) is 19.8 Å². The Balaban J connectivity index is 0.000000214. The monoisotopic (exact) mass is 781 g/mol. The first-order valence-corrected chi connectivity index (χ1v) is 17.4. The van der Waals surface area contributed by atoms with Crippen LogP contribution in [-0.2, 0) is 27.3 Å². The highest BCUT2D eigenvalue weighted by Gasteiger charge is 2.28. The van der Waals surface area contributed by atoms with Crippen LogP contribution in [0.4, 0.5) is 38.5 Å². The Morgan fingerprint density at radius 1 is 0.643 bits per heavy atom. The number of methoxy groups -OCH3 is 1. The van der Waals surface area contributed by atoms with E-state index in [1.807, 2.05) is 0 Å². The number of carbonyl (C=O) groups is 4. The summed E-state index contributed by atoms with van der Waals surface area (Å²) in [6.07, 6.45) is 0. The van der Waals surface area contributed by atoms with Crippen molar-refractivity contribution in [2.75, 3.05) is 69.5 Å². The molecule has 2 heterocycles. The van der Waals surface area contributed by atoms with Crippen molar-refractivity contribution in [2.24, 2.45) is 0 Å². The lowest BCUT2D eigenvalue weighted by atomic mass is 10.1. The van der Waals surface area contributed by atoms with Gasteiger partial charge in [0.25, 0.3) is 5.91 Å². The highest BCUT2D eigenvalue weighted by Crippen LogP contribution is 2.26. The molecule has 0 saturated carbocycles. The topological polar surface area (TPSA) is 141 Å². The maximum absolute atomic E-state index is 14.4. The second-order valence-corrected chi connectivity index (χ2v) is 12.5. The number of esters is 1. The predicted octanol–water partition coefficient (Wildman–Crippen LogP) is 5.75. The van der Waals surface area contributed by atoms with Gasteiger partial charge in [-0.1, -0.05) is 24.3 Å². The lowest BCUT2D eigenvalue weighted by Crippen LogP contribution is -2.48. The van der Waals surface area contributed by atoms with Crippen LogP contribution in [0.2, 0.25) is 0 Å². The van der Waals surface area contributed by atoms with Gasteiger partial charge in [-0.2, -0.15) is 0 Å².